The van der Waals surface area contributed by atoms with E-state index in [9.17, 15) is 0 Å². The molecule has 0 spiro atoms. The highest BCUT2D eigenvalue weighted by atomic mass is 14.6. The minimum atomic E-state index is 0.748. The maximum atomic E-state index is 5.81. The van der Waals surface area contributed by atoms with Crippen LogP contribution in [0.25, 0.3) is 12.2 Å². The zero-order valence-electron chi connectivity index (χ0n) is 13.6. The summed E-state index contributed by atoms with van der Waals surface area (Å²) in [4.78, 5) is 0. The first kappa shape index (κ1) is 17.6. The van der Waals surface area contributed by atoms with Crippen molar-refractivity contribution in [2.24, 2.45) is 0 Å². The van der Waals surface area contributed by atoms with Gasteiger partial charge in [0.15, 0.2) is 0 Å². The van der Waals surface area contributed by atoms with Crippen LogP contribution in [-0.4, -0.2) is 0 Å². The average molecular weight is 294 g/mol. The van der Waals surface area contributed by atoms with Crippen molar-refractivity contribution in [3.05, 3.63) is 71.8 Å². The van der Waals surface area contributed by atoms with E-state index in [0.717, 1.165) is 35.3 Å². The standard InChI is InChI=1S/C10H15N.C10H11N/c2*1-3-8-6-5-7-10(11)9(8)4-2/h5-7H,3-4,11H2,1-2H3;3-7H,1-2,11H2. The average Bonchev–Trinajstić information content (AvgIpc) is 2.54. The van der Waals surface area contributed by atoms with Crippen molar-refractivity contribution in [3.8, 4) is 0 Å². The molecule has 0 atom stereocenters. The fourth-order valence-corrected chi connectivity index (χ4v) is 2.43. The highest BCUT2D eigenvalue weighted by molar-refractivity contribution is 5.73. The number of anilines is 2. The van der Waals surface area contributed by atoms with Crippen molar-refractivity contribution in [2.75, 3.05) is 11.5 Å². The van der Waals surface area contributed by atoms with Gasteiger partial charge in [-0.25, -0.2) is 0 Å². The molecule has 0 aliphatic rings. The Morgan fingerprint density at radius 2 is 1.50 bits per heavy atom. The van der Waals surface area contributed by atoms with Gasteiger partial charge < -0.3 is 11.5 Å². The van der Waals surface area contributed by atoms with E-state index < -0.39 is 0 Å². The molecule has 0 aromatic heterocycles. The van der Waals surface area contributed by atoms with E-state index >= 15 is 0 Å². The third-order valence-electron chi connectivity index (χ3n) is 3.64. The van der Waals surface area contributed by atoms with E-state index in [2.05, 4.69) is 33.1 Å². The van der Waals surface area contributed by atoms with E-state index in [-0.39, 0.29) is 0 Å². The molecule has 0 radical (unpaired) electrons. The fourth-order valence-electron chi connectivity index (χ4n) is 2.43. The Kier molecular flexibility index (Phi) is 6.97. The molecule has 0 saturated carbocycles. The summed E-state index contributed by atoms with van der Waals surface area (Å²) >= 11 is 0. The van der Waals surface area contributed by atoms with Gasteiger partial charge in [-0.1, -0.05) is 63.4 Å². The molecule has 4 N–H and O–H groups in total. The number of nitrogens with two attached hydrogens (primary N) is 2. The molecule has 0 fully saturated rings. The molecule has 0 amide bonds. The highest BCUT2D eigenvalue weighted by Gasteiger charge is 2.00. The fraction of sp³-hybridized carbons (Fsp3) is 0.200. The van der Waals surface area contributed by atoms with E-state index in [4.69, 9.17) is 11.5 Å². The molecule has 2 aromatic rings. The Balaban J connectivity index is 0.000000220. The Bertz CT molecular complexity index is 642. The van der Waals surface area contributed by atoms with E-state index in [0.29, 0.717) is 0 Å². The first-order valence-electron chi connectivity index (χ1n) is 7.58. The summed E-state index contributed by atoms with van der Waals surface area (Å²) in [6, 6.07) is 11.9. The van der Waals surface area contributed by atoms with Crippen LogP contribution in [0.5, 0.6) is 0 Å². The predicted molar refractivity (Wildman–Crippen MR) is 101 cm³/mol. The largest absolute Gasteiger partial charge is 0.398 e. The van der Waals surface area contributed by atoms with Crippen molar-refractivity contribution in [2.45, 2.75) is 26.7 Å². The summed E-state index contributed by atoms with van der Waals surface area (Å²) in [5.41, 5.74) is 17.9. The smallest absolute Gasteiger partial charge is 0.0393 e. The number of hydrogen-bond acceptors (Lipinski definition) is 2. The summed E-state index contributed by atoms with van der Waals surface area (Å²) < 4.78 is 0. The third kappa shape index (κ3) is 4.26. The van der Waals surface area contributed by atoms with Crippen LogP contribution in [-0.2, 0) is 12.8 Å². The summed E-state index contributed by atoms with van der Waals surface area (Å²) in [5, 5.41) is 0. The summed E-state index contributed by atoms with van der Waals surface area (Å²) in [6.07, 6.45) is 5.63. The highest BCUT2D eigenvalue weighted by Crippen LogP contribution is 2.19. The van der Waals surface area contributed by atoms with Gasteiger partial charge in [0.2, 0.25) is 0 Å². The zero-order valence-corrected chi connectivity index (χ0v) is 13.6. The van der Waals surface area contributed by atoms with Gasteiger partial charge in [0.05, 0.1) is 0 Å². The molecule has 2 aromatic carbocycles. The number of hydrogen-bond donors (Lipinski definition) is 2. The zero-order chi connectivity index (χ0) is 16.5. The van der Waals surface area contributed by atoms with Gasteiger partial charge in [0, 0.05) is 16.9 Å². The lowest BCUT2D eigenvalue weighted by atomic mass is 10.0. The third-order valence-corrected chi connectivity index (χ3v) is 3.64. The Hall–Kier alpha value is -2.48. The number of benzene rings is 2. The van der Waals surface area contributed by atoms with Crippen LogP contribution < -0.4 is 11.5 Å². The molecule has 2 nitrogen and oxygen atoms in total. The first-order chi connectivity index (χ1) is 10.6. The Morgan fingerprint density at radius 1 is 0.864 bits per heavy atom. The summed E-state index contributed by atoms with van der Waals surface area (Å²) in [6.45, 7) is 11.7. The van der Waals surface area contributed by atoms with Crippen LogP contribution in [0, 0.1) is 0 Å². The van der Waals surface area contributed by atoms with Crippen molar-refractivity contribution in [1.29, 1.82) is 0 Å². The van der Waals surface area contributed by atoms with E-state index in [1.54, 1.807) is 12.2 Å². The monoisotopic (exact) mass is 294 g/mol. The quantitative estimate of drug-likeness (QED) is 0.784. The number of rotatable bonds is 4. The molecule has 0 bridgehead atoms. The van der Waals surface area contributed by atoms with Gasteiger partial charge in [-0.3, -0.25) is 0 Å². The van der Waals surface area contributed by atoms with Gasteiger partial charge in [0.1, 0.15) is 0 Å². The lowest BCUT2D eigenvalue weighted by Crippen LogP contribution is -1.97. The van der Waals surface area contributed by atoms with Crippen LogP contribution in [0.3, 0.4) is 0 Å². The maximum Gasteiger partial charge on any atom is 0.0393 e. The molecule has 0 aliphatic carbocycles. The van der Waals surface area contributed by atoms with Crippen molar-refractivity contribution in [3.63, 3.8) is 0 Å². The summed E-state index contributed by atoms with van der Waals surface area (Å²) in [5.74, 6) is 0. The normalized spacial score (nSPS) is 9.55. The van der Waals surface area contributed by atoms with Crippen LogP contribution in [0.15, 0.2) is 49.6 Å². The van der Waals surface area contributed by atoms with Crippen LogP contribution >= 0.6 is 0 Å². The second-order valence-electron chi connectivity index (χ2n) is 4.95. The number of aryl methyl sites for hydroxylation is 1. The van der Waals surface area contributed by atoms with Crippen LogP contribution in [0.2, 0.25) is 0 Å². The molecule has 0 heterocycles. The van der Waals surface area contributed by atoms with Gasteiger partial charge in [-0.2, -0.15) is 0 Å². The Labute approximate surface area is 134 Å². The molecular weight excluding hydrogens is 268 g/mol. The minimum absolute atomic E-state index is 0.748. The molecule has 2 rings (SSSR count). The topological polar surface area (TPSA) is 52.0 Å². The second kappa shape index (κ2) is 8.73. The van der Waals surface area contributed by atoms with E-state index in [1.807, 2.05) is 30.3 Å². The molecule has 0 unspecified atom stereocenters. The number of nitrogen functional groups attached to an aromatic ring is 2. The predicted octanol–water partition coefficient (Wildman–Crippen LogP) is 4.95. The minimum Gasteiger partial charge on any atom is -0.398 e. The van der Waals surface area contributed by atoms with Crippen molar-refractivity contribution in [1.82, 2.24) is 0 Å². The van der Waals surface area contributed by atoms with Crippen molar-refractivity contribution >= 4 is 23.5 Å². The molecule has 0 aliphatic heterocycles. The van der Waals surface area contributed by atoms with Crippen molar-refractivity contribution < 1.29 is 0 Å². The van der Waals surface area contributed by atoms with Gasteiger partial charge in [0.25, 0.3) is 0 Å². The molecule has 22 heavy (non-hydrogen) atoms. The molecule has 2 heteroatoms. The maximum absolute atomic E-state index is 5.81. The summed E-state index contributed by atoms with van der Waals surface area (Å²) in [7, 11) is 0. The van der Waals surface area contributed by atoms with E-state index in [1.165, 1.54) is 11.1 Å². The van der Waals surface area contributed by atoms with Crippen LogP contribution in [0.1, 0.15) is 36.1 Å². The SMILES string of the molecule is C=Cc1cccc(N)c1C=C.CCc1cccc(N)c1CC. The molecular formula is C20H26N2. The molecule has 0 saturated heterocycles. The van der Waals surface area contributed by atoms with Gasteiger partial charge in [-0.05, 0) is 41.7 Å². The lowest BCUT2D eigenvalue weighted by molar-refractivity contribution is 1.04. The Morgan fingerprint density at radius 3 is 1.95 bits per heavy atom. The van der Waals surface area contributed by atoms with Crippen LogP contribution in [0.4, 0.5) is 11.4 Å². The second-order valence-corrected chi connectivity index (χ2v) is 4.95. The van der Waals surface area contributed by atoms with Gasteiger partial charge in [-0.15, -0.1) is 0 Å². The first-order valence-corrected chi connectivity index (χ1v) is 7.58. The molecule has 116 valence electrons. The van der Waals surface area contributed by atoms with Gasteiger partial charge >= 0.3 is 0 Å². The lowest BCUT2D eigenvalue weighted by Gasteiger charge is -2.07.